The SMILES string of the molecule is C[C@H](C(=O)C[C@@H]1C[C@H](C)[C@@H](O[C@H]2O[C@H](CN=[N+]=[N-])C[C@@H](O)[C@H]2NC(=O)OCc2ccccc2)[C@H](O[C@@H]2O[C@H](CO)[C@@H](O[C@H]3O[C@H]4CCC(c5ccccc5)O[C@H]4[C@H](O)[C@H]3NC(=O)OCc3ccccc3)[C@H]2O)[C@H]1O)[C@H](F)CN=[N+]=[N-].NC[C@@H]1C[C@@H](O)[C@@H](N)[C@@H](O[C@H]2[C@H](O[C@@H]3O[C@H](CO)[C@@H](O[C@H]4O[C@@H](CN)[C@@H](O)[C@H](O)[C@H]4N)[C@H]3O)[C@@H](O)[C@H](CC(=O)[C@@H](O)[C@H](F)CN)C[C@@H]2N)O1. The number of aliphatic hydroxyl groups excluding tert-OH is 12. The number of ether oxygens (including phenoxy) is 15. The minimum Gasteiger partial charge on any atom is -0.445 e. The largest absolute Gasteiger partial charge is 0.445 e. The average molecular weight is 1840 g/mol. The first-order valence-corrected chi connectivity index (χ1v) is 43.1. The number of hydrogen-bond donors (Lipinski definition) is 20. The van der Waals surface area contributed by atoms with Gasteiger partial charge in [0.2, 0.25) is 0 Å². The van der Waals surface area contributed by atoms with Crippen molar-refractivity contribution in [2.24, 2.45) is 68.3 Å². The Bertz CT molecular complexity index is 4090. The smallest absolute Gasteiger partial charge is 0.407 e. The molecule has 45 nitrogen and oxygen atoms in total. The van der Waals surface area contributed by atoms with Gasteiger partial charge in [-0.25, -0.2) is 18.4 Å². The van der Waals surface area contributed by atoms with E-state index in [9.17, 15) is 84.8 Å². The summed E-state index contributed by atoms with van der Waals surface area (Å²) in [5.41, 5.74) is 55.4. The monoisotopic (exact) mass is 1840 g/mol. The molecule has 2 aliphatic carbocycles. The zero-order valence-corrected chi connectivity index (χ0v) is 70.9. The molecule has 2 saturated carbocycles. The van der Waals surface area contributed by atoms with Crippen LogP contribution in [0.5, 0.6) is 0 Å². The van der Waals surface area contributed by atoms with E-state index in [0.717, 1.165) is 5.56 Å². The maximum atomic E-state index is 15.1. The predicted octanol–water partition coefficient (Wildman–Crippen LogP) is -3.10. The van der Waals surface area contributed by atoms with Crippen molar-refractivity contribution in [1.82, 2.24) is 10.6 Å². The second-order valence-corrected chi connectivity index (χ2v) is 33.9. The minimum absolute atomic E-state index is 0.0240. The van der Waals surface area contributed by atoms with E-state index in [2.05, 4.69) is 30.7 Å². The quantitative estimate of drug-likeness (QED) is 0.0156. The summed E-state index contributed by atoms with van der Waals surface area (Å²) in [6.07, 6.45) is -46.9. The maximum absolute atomic E-state index is 15.1. The number of ketones is 2. The molecule has 9 aliphatic rings. The van der Waals surface area contributed by atoms with Gasteiger partial charge in [-0.2, -0.15) is 0 Å². The second kappa shape index (κ2) is 48.1. The molecule has 9 fully saturated rings. The summed E-state index contributed by atoms with van der Waals surface area (Å²) in [6, 6.07) is 20.9. The lowest BCUT2D eigenvalue weighted by Gasteiger charge is -2.48. The molecular formula is C82H122F2N14O31. The number of nitrogens with two attached hydrogens (primary N) is 6. The van der Waals surface area contributed by atoms with E-state index in [0.29, 0.717) is 24.0 Å². The summed E-state index contributed by atoms with van der Waals surface area (Å²) in [4.78, 5) is 58.6. The van der Waals surface area contributed by atoms with Gasteiger partial charge in [-0.15, -0.1) is 0 Å². The van der Waals surface area contributed by atoms with Crippen LogP contribution in [0.3, 0.4) is 0 Å². The second-order valence-electron chi connectivity index (χ2n) is 33.9. The molecular weight excluding hydrogens is 1710 g/mol. The van der Waals surface area contributed by atoms with Crippen molar-refractivity contribution in [2.75, 3.05) is 45.9 Å². The van der Waals surface area contributed by atoms with Gasteiger partial charge in [0, 0.05) is 67.1 Å². The van der Waals surface area contributed by atoms with E-state index in [-0.39, 0.29) is 65.0 Å². The van der Waals surface area contributed by atoms with E-state index in [1.54, 1.807) is 67.6 Å². The van der Waals surface area contributed by atoms with Crippen LogP contribution in [-0.4, -0.2) is 352 Å². The molecule has 3 aromatic carbocycles. The molecule has 3 aromatic rings. The Labute approximate surface area is 739 Å². The molecule has 26 N–H and O–H groups in total. The molecule has 1 unspecified atom stereocenters. The number of benzene rings is 3. The Hall–Kier alpha value is -7.22. The summed E-state index contributed by atoms with van der Waals surface area (Å²) < 4.78 is 120. The molecule has 7 aliphatic heterocycles. The minimum atomic E-state index is -2.06. The molecule has 720 valence electrons. The van der Waals surface area contributed by atoms with E-state index < -0.39 is 307 Å². The zero-order valence-electron chi connectivity index (χ0n) is 70.9. The highest BCUT2D eigenvalue weighted by molar-refractivity contribution is 5.84. The standard InChI is InChI=1S/C54H69FN8O17.C28H53FN6O14/c1-28-20-33(21-36(65)29(2)35(55)24-59-63-57)43(67)49(46(28)78-50-41(37(66)22-34(74-50)23-58-62-56)60-53(70)72-26-30-12-6-3-7-13-30)80-52-45(69)48(40(25-64)77-52)79-51-42(61-54(71)73-27-31-14-8-4-9-15-31)44(68)47-39(76-51)19-18-38(75-47)32-16-10-5-11-17-32;29-10(5-31)19(40)13(38)2-8-1-11(33)23(47-26-16(34)12(37)3-9(4-30)44-26)25(18(8)39)49-28-22(43)24(15(7-36)46-28)48-27-17(35)21(42)20(41)14(6-32)45-27/h3-17,28-29,33-35,37-52,64,66-69H,18-27H2,1-2H3,(H,60,70)(H,61,71);8-12,14-28,36-37,39-43H,1-7,30-35H2/t28-,29-,33-,34-,35+,37+,38?,39-,40+,41+,42+,43-,44+,45+,46+,47+,48+,49+,50+,51+,52-;8-,9-,10+,11-,12+,14-,15+,16+,17+,18-,19-,20+,21+,22+,23+,24+,25+,26+,27+,28-/m00/s1. The van der Waals surface area contributed by atoms with E-state index in [1.807, 2.05) is 30.3 Å². The van der Waals surface area contributed by atoms with Crippen LogP contribution < -0.4 is 45.0 Å². The molecule has 0 bridgehead atoms. The van der Waals surface area contributed by atoms with Crippen LogP contribution in [0, 0.1) is 23.7 Å². The average Bonchev–Trinajstić information content (AvgIpc) is 1.28. The number of carbonyl (C=O) groups excluding carboxylic acids is 4. The summed E-state index contributed by atoms with van der Waals surface area (Å²) in [6.45, 7) is -0.375. The van der Waals surface area contributed by atoms with Gasteiger partial charge in [0.25, 0.3) is 0 Å². The molecule has 12 rings (SSSR count). The first kappa shape index (κ1) is 102. The third-order valence-corrected chi connectivity index (χ3v) is 25.0. The van der Waals surface area contributed by atoms with E-state index >= 15 is 4.39 Å². The highest BCUT2D eigenvalue weighted by Gasteiger charge is 2.59. The van der Waals surface area contributed by atoms with E-state index in [1.165, 1.54) is 6.92 Å². The number of fused-ring (bicyclic) bond motifs is 1. The van der Waals surface area contributed by atoms with Crippen molar-refractivity contribution in [3.63, 3.8) is 0 Å². The summed E-state index contributed by atoms with van der Waals surface area (Å²) in [7, 11) is 0. The fraction of sp³-hybridized carbons (Fsp3) is 0.732. The van der Waals surface area contributed by atoms with Gasteiger partial charge in [0.15, 0.2) is 43.5 Å². The van der Waals surface area contributed by atoms with E-state index in [4.69, 9.17) is 117 Å². The third kappa shape index (κ3) is 25.6. The van der Waals surface area contributed by atoms with Crippen LogP contribution in [0.25, 0.3) is 20.9 Å². The van der Waals surface area contributed by atoms with Gasteiger partial charge in [0.05, 0.1) is 93.3 Å². The van der Waals surface area contributed by atoms with Gasteiger partial charge in [-0.05, 0) is 71.2 Å². The van der Waals surface area contributed by atoms with Crippen LogP contribution >= 0.6 is 0 Å². The van der Waals surface area contributed by atoms with Crippen LogP contribution in [0.4, 0.5) is 18.4 Å². The van der Waals surface area contributed by atoms with Gasteiger partial charge in [0.1, 0.15) is 135 Å². The van der Waals surface area contributed by atoms with Crippen molar-refractivity contribution < 1.29 is 160 Å². The number of amides is 2. The van der Waals surface area contributed by atoms with Crippen LogP contribution in [0.1, 0.15) is 88.0 Å². The van der Waals surface area contributed by atoms with Gasteiger partial charge < -0.3 is 177 Å². The molecule has 47 heteroatoms. The lowest BCUT2D eigenvalue weighted by Crippen LogP contribution is -2.66. The highest BCUT2D eigenvalue weighted by atomic mass is 19.1. The summed E-state index contributed by atoms with van der Waals surface area (Å²) >= 11 is 0. The zero-order chi connectivity index (χ0) is 93.2. The molecule has 129 heavy (non-hydrogen) atoms. The summed E-state index contributed by atoms with van der Waals surface area (Å²) in [5.74, 6) is -5.47. The number of halogens is 2. The lowest BCUT2D eigenvalue weighted by molar-refractivity contribution is -0.311. The number of aliphatic hydroxyl groups is 12. The van der Waals surface area contributed by atoms with Crippen molar-refractivity contribution in [3.8, 4) is 0 Å². The number of nitrogens with one attached hydrogen (secondary N) is 2. The Morgan fingerprint density at radius 3 is 1.57 bits per heavy atom. The fourth-order valence-electron chi connectivity index (χ4n) is 17.6. The Morgan fingerprint density at radius 1 is 0.512 bits per heavy atom. The number of hydrogen-bond acceptors (Lipinski definition) is 39. The maximum Gasteiger partial charge on any atom is 0.407 e. The normalized spacial score (nSPS) is 39.6. The fourth-order valence-corrected chi connectivity index (χ4v) is 17.6. The molecule has 7 saturated heterocycles. The van der Waals surface area contributed by atoms with Crippen LogP contribution in [-0.2, 0) is 93.9 Å². The predicted molar refractivity (Wildman–Crippen MR) is 438 cm³/mol. The number of Topliss-reactive ketones (excluding diaryl/α,β-unsaturated/α-hetero) is 2. The molecule has 0 radical (unpaired) electrons. The van der Waals surface area contributed by atoms with Gasteiger partial charge in [-0.3, -0.25) is 9.59 Å². The van der Waals surface area contributed by atoms with Crippen molar-refractivity contribution in [3.05, 3.63) is 129 Å². The van der Waals surface area contributed by atoms with Gasteiger partial charge >= 0.3 is 12.2 Å². The van der Waals surface area contributed by atoms with Gasteiger partial charge in [-0.1, -0.05) is 115 Å². The molecule has 41 atom stereocenters. The molecule has 0 aromatic heterocycles. The molecule has 7 heterocycles. The Kier molecular flexibility index (Phi) is 38.2. The number of azide groups is 2. The van der Waals surface area contributed by atoms with Crippen molar-refractivity contribution in [1.29, 1.82) is 0 Å². The highest BCUT2D eigenvalue weighted by Crippen LogP contribution is 2.45. The number of alkyl halides is 2. The first-order chi connectivity index (χ1) is 61.8. The Morgan fingerprint density at radius 2 is 1.01 bits per heavy atom. The lowest BCUT2D eigenvalue weighted by atomic mass is 9.73. The van der Waals surface area contributed by atoms with Crippen LogP contribution in [0.15, 0.2) is 101 Å². The van der Waals surface area contributed by atoms with Crippen molar-refractivity contribution in [2.45, 2.75) is 305 Å². The summed E-state index contributed by atoms with van der Waals surface area (Å²) in [5, 5.41) is 145. The number of carbonyl (C=O) groups is 4. The van der Waals surface area contributed by atoms with Crippen LogP contribution in [0.2, 0.25) is 0 Å². The van der Waals surface area contributed by atoms with Crippen molar-refractivity contribution >= 4 is 23.8 Å². The molecule has 2 amide bonds. The first-order valence-electron chi connectivity index (χ1n) is 43.1. The number of nitrogens with zero attached hydrogens (tertiary/aromatic N) is 6. The Balaban J connectivity index is 0.000000281. The molecule has 0 spiro atoms. The third-order valence-electron chi connectivity index (χ3n) is 25.0. The number of alkyl carbamates (subject to hydrolysis) is 2. The number of rotatable bonds is 36. The topological polar surface area (TPSA) is 727 Å².